The molecule has 2 aromatic rings. The van der Waals surface area contributed by atoms with Crippen LogP contribution in [0.1, 0.15) is 69.4 Å². The summed E-state index contributed by atoms with van der Waals surface area (Å²) in [6, 6.07) is 11.3. The van der Waals surface area contributed by atoms with E-state index in [1.165, 1.54) is 0 Å². The number of methoxy groups -OCH3 is 3. The van der Waals surface area contributed by atoms with E-state index >= 15 is 0 Å². The van der Waals surface area contributed by atoms with Crippen LogP contribution in [0.15, 0.2) is 58.9 Å². The molecule has 1 aliphatic carbocycles. The smallest absolute Gasteiger partial charge is 0.336 e. The van der Waals surface area contributed by atoms with E-state index in [2.05, 4.69) is 5.32 Å². The van der Waals surface area contributed by atoms with Crippen molar-refractivity contribution in [2.75, 3.05) is 34.5 Å². The number of rotatable bonds is 11. The fraction of sp³-hybridized carbons (Fsp3) is 0.438. The third kappa shape index (κ3) is 5.81. The number of ketones is 1. The Morgan fingerprint density at radius 2 is 1.55 bits per heavy atom. The number of unbranched alkanes of at least 4 members (excludes halogenated alkanes) is 1. The third-order valence-electron chi connectivity index (χ3n) is 7.48. The van der Waals surface area contributed by atoms with Crippen molar-refractivity contribution >= 4 is 11.8 Å². The average molecular weight is 550 g/mol. The minimum absolute atomic E-state index is 0.0160. The highest BCUT2D eigenvalue weighted by molar-refractivity contribution is 6.04. The second-order valence-corrected chi connectivity index (χ2v) is 9.96. The Bertz CT molecular complexity index is 1330. The van der Waals surface area contributed by atoms with Gasteiger partial charge in [-0.2, -0.15) is 0 Å². The van der Waals surface area contributed by atoms with Gasteiger partial charge in [0.25, 0.3) is 0 Å². The van der Waals surface area contributed by atoms with Gasteiger partial charge in [-0.15, -0.1) is 0 Å². The number of hydrogen-bond donors (Lipinski definition) is 1. The number of carbonyl (C=O) groups is 2. The summed E-state index contributed by atoms with van der Waals surface area (Å²) in [4.78, 5) is 27.4. The van der Waals surface area contributed by atoms with E-state index in [1.54, 1.807) is 21.3 Å². The highest BCUT2D eigenvalue weighted by Gasteiger charge is 2.41. The first-order valence-corrected chi connectivity index (χ1v) is 13.8. The van der Waals surface area contributed by atoms with Gasteiger partial charge in [0, 0.05) is 29.3 Å². The normalized spacial score (nSPS) is 18.6. The Hall–Kier alpha value is -3.94. The number of esters is 1. The SMILES string of the molecule is CCCCOC(=O)C1=C(C)NC2=C(C(=O)C[C@H](c3ccc(OC)c(OC)c3)C2)[C@H]1c1ccc(OCC)c(OC)c1. The molecule has 0 aromatic heterocycles. The maximum atomic E-state index is 13.9. The molecule has 1 aliphatic heterocycles. The molecule has 0 fully saturated rings. The van der Waals surface area contributed by atoms with Gasteiger partial charge in [-0.25, -0.2) is 4.79 Å². The van der Waals surface area contributed by atoms with Crippen molar-refractivity contribution in [1.82, 2.24) is 5.32 Å². The van der Waals surface area contributed by atoms with Gasteiger partial charge < -0.3 is 29.0 Å². The van der Waals surface area contributed by atoms with Gasteiger partial charge in [0.1, 0.15) is 0 Å². The van der Waals surface area contributed by atoms with Gasteiger partial charge in [-0.05, 0) is 68.0 Å². The van der Waals surface area contributed by atoms with E-state index in [1.807, 2.05) is 57.2 Å². The summed E-state index contributed by atoms with van der Waals surface area (Å²) >= 11 is 0. The molecule has 0 saturated carbocycles. The Morgan fingerprint density at radius 3 is 2.23 bits per heavy atom. The Balaban J connectivity index is 1.78. The minimum Gasteiger partial charge on any atom is -0.493 e. The summed E-state index contributed by atoms with van der Waals surface area (Å²) in [5.74, 6) is 1.33. The van der Waals surface area contributed by atoms with Crippen molar-refractivity contribution in [1.29, 1.82) is 0 Å². The Labute approximate surface area is 236 Å². The topological polar surface area (TPSA) is 92.3 Å². The minimum atomic E-state index is -0.589. The fourth-order valence-electron chi connectivity index (χ4n) is 5.51. The molecule has 2 atom stereocenters. The molecular weight excluding hydrogens is 510 g/mol. The number of nitrogens with one attached hydrogen (secondary N) is 1. The van der Waals surface area contributed by atoms with Crippen LogP contribution in [0.5, 0.6) is 23.0 Å². The zero-order chi connectivity index (χ0) is 28.8. The molecule has 214 valence electrons. The first-order valence-electron chi connectivity index (χ1n) is 13.8. The Kier molecular flexibility index (Phi) is 9.40. The molecule has 0 amide bonds. The summed E-state index contributed by atoms with van der Waals surface area (Å²) in [7, 11) is 4.78. The van der Waals surface area contributed by atoms with Gasteiger partial charge >= 0.3 is 5.97 Å². The second-order valence-electron chi connectivity index (χ2n) is 9.96. The summed E-state index contributed by atoms with van der Waals surface area (Å²) < 4.78 is 27.9. The van der Waals surface area contributed by atoms with E-state index in [-0.39, 0.29) is 11.7 Å². The highest BCUT2D eigenvalue weighted by atomic mass is 16.5. The molecule has 4 rings (SSSR count). The van der Waals surface area contributed by atoms with E-state index in [0.29, 0.717) is 65.9 Å². The zero-order valence-corrected chi connectivity index (χ0v) is 24.2. The lowest BCUT2D eigenvalue weighted by molar-refractivity contribution is -0.139. The van der Waals surface area contributed by atoms with E-state index in [0.717, 1.165) is 29.7 Å². The summed E-state index contributed by atoms with van der Waals surface area (Å²) in [5.41, 5.74) is 4.30. The van der Waals surface area contributed by atoms with Crippen LogP contribution >= 0.6 is 0 Å². The predicted molar refractivity (Wildman–Crippen MR) is 152 cm³/mol. The van der Waals surface area contributed by atoms with Gasteiger partial charge in [0.05, 0.1) is 40.1 Å². The van der Waals surface area contributed by atoms with Crippen LogP contribution in [-0.4, -0.2) is 46.3 Å². The summed E-state index contributed by atoms with van der Waals surface area (Å²) in [6.45, 7) is 6.63. The lowest BCUT2D eigenvalue weighted by atomic mass is 9.71. The molecule has 0 unspecified atom stereocenters. The molecule has 8 nitrogen and oxygen atoms in total. The zero-order valence-electron chi connectivity index (χ0n) is 24.2. The van der Waals surface area contributed by atoms with Gasteiger partial charge in [-0.1, -0.05) is 25.5 Å². The molecule has 0 bridgehead atoms. The largest absolute Gasteiger partial charge is 0.493 e. The van der Waals surface area contributed by atoms with Crippen molar-refractivity contribution in [3.05, 3.63) is 70.1 Å². The van der Waals surface area contributed by atoms with Crippen LogP contribution in [0, 0.1) is 0 Å². The van der Waals surface area contributed by atoms with E-state index in [9.17, 15) is 9.59 Å². The highest BCUT2D eigenvalue weighted by Crippen LogP contribution is 2.47. The number of Topliss-reactive ketones (excluding diaryl/α,β-unsaturated/α-hetero) is 1. The molecule has 2 aromatic carbocycles. The summed E-state index contributed by atoms with van der Waals surface area (Å²) in [5, 5.41) is 3.41. The van der Waals surface area contributed by atoms with Crippen LogP contribution < -0.4 is 24.3 Å². The van der Waals surface area contributed by atoms with Gasteiger partial charge in [-0.3, -0.25) is 4.79 Å². The monoisotopic (exact) mass is 549 g/mol. The van der Waals surface area contributed by atoms with Crippen molar-refractivity contribution in [2.45, 2.75) is 58.3 Å². The molecule has 2 aliphatic rings. The van der Waals surface area contributed by atoms with Crippen molar-refractivity contribution in [2.24, 2.45) is 0 Å². The van der Waals surface area contributed by atoms with Gasteiger partial charge in [0.2, 0.25) is 0 Å². The van der Waals surface area contributed by atoms with Crippen LogP contribution in [0.3, 0.4) is 0 Å². The van der Waals surface area contributed by atoms with Crippen LogP contribution in [0.25, 0.3) is 0 Å². The molecule has 0 radical (unpaired) electrons. The number of hydrogen-bond acceptors (Lipinski definition) is 8. The third-order valence-corrected chi connectivity index (χ3v) is 7.48. The van der Waals surface area contributed by atoms with Crippen LogP contribution in [-0.2, 0) is 14.3 Å². The lowest BCUT2D eigenvalue weighted by Crippen LogP contribution is -2.36. The maximum Gasteiger partial charge on any atom is 0.336 e. The molecule has 0 spiro atoms. The number of ether oxygens (including phenoxy) is 5. The molecule has 40 heavy (non-hydrogen) atoms. The quantitative estimate of drug-likeness (QED) is 0.277. The van der Waals surface area contributed by atoms with Crippen molar-refractivity contribution < 1.29 is 33.3 Å². The molecule has 8 heteroatoms. The average Bonchev–Trinajstić information content (AvgIpc) is 2.96. The predicted octanol–water partition coefficient (Wildman–Crippen LogP) is 5.82. The molecule has 0 saturated heterocycles. The van der Waals surface area contributed by atoms with E-state index < -0.39 is 11.9 Å². The first-order chi connectivity index (χ1) is 19.4. The fourth-order valence-corrected chi connectivity index (χ4v) is 5.51. The maximum absolute atomic E-state index is 13.9. The number of allylic oxidation sites excluding steroid dienone is 3. The molecular formula is C32H39NO7. The van der Waals surface area contributed by atoms with Crippen LogP contribution in [0.2, 0.25) is 0 Å². The first kappa shape index (κ1) is 29.1. The van der Waals surface area contributed by atoms with Crippen LogP contribution in [0.4, 0.5) is 0 Å². The lowest BCUT2D eigenvalue weighted by Gasteiger charge is -2.37. The van der Waals surface area contributed by atoms with Crippen molar-refractivity contribution in [3.8, 4) is 23.0 Å². The number of benzene rings is 2. The summed E-state index contributed by atoms with van der Waals surface area (Å²) in [6.07, 6.45) is 2.59. The molecule has 1 N–H and O–H groups in total. The van der Waals surface area contributed by atoms with E-state index in [4.69, 9.17) is 23.7 Å². The standard InChI is InChI=1S/C32H39NO7/c1-7-9-14-40-32(35)29-19(3)33-23-15-22(20-10-12-25(36-4)27(17-20)37-5)16-24(34)31(23)30(29)21-11-13-26(39-8-2)28(18-21)38-6/h10-13,17-18,22,30,33H,7-9,14-16H2,1-6H3/t22-,30+/m1/s1. The number of dihydropyridines is 1. The number of carbonyl (C=O) groups excluding carboxylic acids is 2. The second kappa shape index (κ2) is 12.9. The van der Waals surface area contributed by atoms with Crippen molar-refractivity contribution in [3.63, 3.8) is 0 Å². The Morgan fingerprint density at radius 1 is 0.900 bits per heavy atom. The van der Waals surface area contributed by atoms with Gasteiger partial charge in [0.15, 0.2) is 28.8 Å². The molecule has 1 heterocycles.